The van der Waals surface area contributed by atoms with Crippen LogP contribution in [0.3, 0.4) is 0 Å². The number of pyridine rings is 1. The first-order valence-corrected chi connectivity index (χ1v) is 8.49. The third kappa shape index (κ3) is 3.14. The number of alkyl halides is 2. The SMILES string of the molecule is Cc1cnc2nc(-c3cc(NC(=O)C4CC(F)(F)C4)ccc3Cl)[nH]c2c1. The van der Waals surface area contributed by atoms with Gasteiger partial charge in [-0.3, -0.25) is 4.79 Å². The van der Waals surface area contributed by atoms with Crippen molar-refractivity contribution in [3.05, 3.63) is 41.0 Å². The Labute approximate surface area is 152 Å². The molecule has 26 heavy (non-hydrogen) atoms. The number of aromatic amines is 1. The Morgan fingerprint density at radius 2 is 2.12 bits per heavy atom. The fourth-order valence-electron chi connectivity index (χ4n) is 3.01. The van der Waals surface area contributed by atoms with E-state index in [4.69, 9.17) is 11.6 Å². The summed E-state index contributed by atoms with van der Waals surface area (Å²) >= 11 is 6.27. The molecule has 2 N–H and O–H groups in total. The topological polar surface area (TPSA) is 70.7 Å². The zero-order valence-electron chi connectivity index (χ0n) is 13.8. The van der Waals surface area contributed by atoms with Crippen LogP contribution in [0.5, 0.6) is 0 Å². The highest BCUT2D eigenvalue weighted by Gasteiger charge is 2.48. The van der Waals surface area contributed by atoms with Crippen molar-refractivity contribution < 1.29 is 13.6 Å². The van der Waals surface area contributed by atoms with Gasteiger partial charge in [-0.1, -0.05) is 11.6 Å². The highest BCUT2D eigenvalue weighted by Crippen LogP contribution is 2.43. The summed E-state index contributed by atoms with van der Waals surface area (Å²) in [4.78, 5) is 23.9. The lowest BCUT2D eigenvalue weighted by Gasteiger charge is -2.33. The maximum Gasteiger partial charge on any atom is 0.249 e. The van der Waals surface area contributed by atoms with Crippen molar-refractivity contribution >= 4 is 34.4 Å². The van der Waals surface area contributed by atoms with Gasteiger partial charge in [0, 0.05) is 36.2 Å². The van der Waals surface area contributed by atoms with Crippen LogP contribution in [0.15, 0.2) is 30.5 Å². The number of hydrogen-bond donors (Lipinski definition) is 2. The number of carbonyl (C=O) groups excluding carboxylic acids is 1. The standard InChI is InChI=1S/C18H15ClF2N4O/c1-9-4-14-16(22-8-9)25-15(24-14)12-5-11(2-3-13(12)19)23-17(26)10-6-18(20,21)7-10/h2-5,8,10H,6-7H2,1H3,(H,23,26)(H,22,24,25). The number of halogens is 3. The molecular weight excluding hydrogens is 362 g/mol. The molecule has 8 heteroatoms. The predicted octanol–water partition coefficient (Wildman–Crippen LogP) is 4.57. The number of fused-ring (bicyclic) bond motifs is 1. The molecule has 1 aliphatic carbocycles. The number of nitrogens with zero attached hydrogens (tertiary/aromatic N) is 2. The van der Waals surface area contributed by atoms with Crippen molar-refractivity contribution in [2.75, 3.05) is 5.32 Å². The van der Waals surface area contributed by atoms with Crippen molar-refractivity contribution in [3.8, 4) is 11.4 Å². The number of aryl methyl sites for hydroxylation is 1. The molecule has 1 saturated carbocycles. The molecule has 1 aromatic carbocycles. The molecule has 1 amide bonds. The number of aromatic nitrogens is 3. The molecule has 3 aromatic rings. The fraction of sp³-hybridized carbons (Fsp3) is 0.278. The second-order valence-corrected chi connectivity index (χ2v) is 7.02. The van der Waals surface area contributed by atoms with Crippen LogP contribution in [-0.2, 0) is 4.79 Å². The van der Waals surface area contributed by atoms with E-state index in [9.17, 15) is 13.6 Å². The van der Waals surface area contributed by atoms with E-state index in [0.29, 0.717) is 27.7 Å². The molecule has 134 valence electrons. The third-order valence-corrected chi connectivity index (χ3v) is 4.75. The lowest BCUT2D eigenvalue weighted by atomic mass is 9.81. The number of benzene rings is 1. The summed E-state index contributed by atoms with van der Waals surface area (Å²) in [6, 6.07) is 6.86. The lowest BCUT2D eigenvalue weighted by molar-refractivity contribution is -0.145. The summed E-state index contributed by atoms with van der Waals surface area (Å²) in [5.74, 6) is -3.28. The second-order valence-electron chi connectivity index (χ2n) is 6.61. The molecule has 0 spiro atoms. The Balaban J connectivity index is 1.60. The van der Waals surface area contributed by atoms with Crippen molar-refractivity contribution in [1.82, 2.24) is 15.0 Å². The van der Waals surface area contributed by atoms with Gasteiger partial charge in [0.15, 0.2) is 5.65 Å². The van der Waals surface area contributed by atoms with Gasteiger partial charge in [0.2, 0.25) is 11.8 Å². The fourth-order valence-corrected chi connectivity index (χ4v) is 3.21. The Morgan fingerprint density at radius 1 is 1.35 bits per heavy atom. The largest absolute Gasteiger partial charge is 0.337 e. The van der Waals surface area contributed by atoms with Crippen molar-refractivity contribution in [3.63, 3.8) is 0 Å². The number of rotatable bonds is 3. The molecule has 4 rings (SSSR count). The van der Waals surface area contributed by atoms with E-state index in [1.54, 1.807) is 24.4 Å². The lowest BCUT2D eigenvalue weighted by Crippen LogP contribution is -2.42. The van der Waals surface area contributed by atoms with Crippen LogP contribution in [0.4, 0.5) is 14.5 Å². The van der Waals surface area contributed by atoms with Gasteiger partial charge < -0.3 is 10.3 Å². The maximum absolute atomic E-state index is 12.9. The van der Waals surface area contributed by atoms with Gasteiger partial charge in [-0.15, -0.1) is 0 Å². The number of nitrogens with one attached hydrogen (secondary N) is 2. The molecular formula is C18H15ClF2N4O. The second kappa shape index (κ2) is 6.02. The number of imidazole rings is 1. The molecule has 2 heterocycles. The first kappa shape index (κ1) is 16.9. The Bertz CT molecular complexity index is 1010. The summed E-state index contributed by atoms with van der Waals surface area (Å²) in [6.45, 7) is 1.93. The monoisotopic (exact) mass is 376 g/mol. The third-order valence-electron chi connectivity index (χ3n) is 4.42. The molecule has 0 atom stereocenters. The van der Waals surface area contributed by atoms with Crippen molar-refractivity contribution in [2.24, 2.45) is 5.92 Å². The van der Waals surface area contributed by atoms with Gasteiger partial charge >= 0.3 is 0 Å². The first-order chi connectivity index (χ1) is 12.3. The summed E-state index contributed by atoms with van der Waals surface area (Å²) in [6.07, 6.45) is 0.904. The van der Waals surface area contributed by atoms with Gasteiger partial charge in [-0.25, -0.2) is 18.7 Å². The van der Waals surface area contributed by atoms with E-state index in [-0.39, 0.29) is 0 Å². The van der Waals surface area contributed by atoms with Gasteiger partial charge in [-0.2, -0.15) is 0 Å². The van der Waals surface area contributed by atoms with Crippen LogP contribution in [0.2, 0.25) is 5.02 Å². The highest BCUT2D eigenvalue weighted by molar-refractivity contribution is 6.33. The molecule has 0 radical (unpaired) electrons. The molecule has 0 saturated heterocycles. The van der Waals surface area contributed by atoms with Crippen LogP contribution in [0, 0.1) is 12.8 Å². The number of H-pyrrole nitrogens is 1. The Kier molecular flexibility index (Phi) is 3.91. The first-order valence-electron chi connectivity index (χ1n) is 8.12. The zero-order chi connectivity index (χ0) is 18.5. The molecule has 1 aliphatic rings. The van der Waals surface area contributed by atoms with Gasteiger partial charge in [0.1, 0.15) is 5.82 Å². The van der Waals surface area contributed by atoms with E-state index in [2.05, 4.69) is 20.3 Å². The molecule has 2 aromatic heterocycles. The number of carbonyl (C=O) groups is 1. The summed E-state index contributed by atoms with van der Waals surface area (Å²) < 4.78 is 25.9. The summed E-state index contributed by atoms with van der Waals surface area (Å²) in [7, 11) is 0. The molecule has 0 bridgehead atoms. The van der Waals surface area contributed by atoms with E-state index in [0.717, 1.165) is 11.1 Å². The van der Waals surface area contributed by atoms with Gasteiger partial charge in [0.05, 0.1) is 10.5 Å². The Morgan fingerprint density at radius 3 is 2.85 bits per heavy atom. The van der Waals surface area contributed by atoms with E-state index in [1.807, 2.05) is 13.0 Å². The smallest absolute Gasteiger partial charge is 0.249 e. The number of amides is 1. The molecule has 0 unspecified atom stereocenters. The molecule has 0 aliphatic heterocycles. The van der Waals surface area contributed by atoms with Gasteiger partial charge in [0.25, 0.3) is 0 Å². The van der Waals surface area contributed by atoms with E-state index >= 15 is 0 Å². The van der Waals surface area contributed by atoms with Gasteiger partial charge in [-0.05, 0) is 36.8 Å². The Hall–Kier alpha value is -2.54. The minimum atomic E-state index is -2.73. The van der Waals surface area contributed by atoms with Crippen molar-refractivity contribution in [2.45, 2.75) is 25.7 Å². The average molecular weight is 377 g/mol. The van der Waals surface area contributed by atoms with Crippen LogP contribution >= 0.6 is 11.6 Å². The average Bonchev–Trinajstić information content (AvgIpc) is 2.97. The molecule has 5 nitrogen and oxygen atoms in total. The number of hydrogen-bond acceptors (Lipinski definition) is 3. The minimum absolute atomic E-state index is 0.409. The van der Waals surface area contributed by atoms with Crippen LogP contribution in [-0.4, -0.2) is 26.8 Å². The van der Waals surface area contributed by atoms with Crippen LogP contribution in [0.25, 0.3) is 22.6 Å². The van der Waals surface area contributed by atoms with E-state index < -0.39 is 30.6 Å². The number of anilines is 1. The zero-order valence-corrected chi connectivity index (χ0v) is 14.6. The molecule has 1 fully saturated rings. The van der Waals surface area contributed by atoms with E-state index in [1.165, 1.54) is 0 Å². The van der Waals surface area contributed by atoms with Crippen LogP contribution in [0.1, 0.15) is 18.4 Å². The summed E-state index contributed by atoms with van der Waals surface area (Å²) in [5.41, 5.74) is 3.42. The summed E-state index contributed by atoms with van der Waals surface area (Å²) in [5, 5.41) is 3.13. The normalized spacial score (nSPS) is 16.5. The quantitative estimate of drug-likeness (QED) is 0.703. The predicted molar refractivity (Wildman–Crippen MR) is 95.4 cm³/mol. The van der Waals surface area contributed by atoms with Crippen molar-refractivity contribution in [1.29, 1.82) is 0 Å². The minimum Gasteiger partial charge on any atom is -0.337 e. The van der Waals surface area contributed by atoms with Crippen LogP contribution < -0.4 is 5.32 Å². The maximum atomic E-state index is 12.9. The highest BCUT2D eigenvalue weighted by atomic mass is 35.5.